The van der Waals surface area contributed by atoms with Crippen molar-refractivity contribution in [3.8, 4) is 5.75 Å². The van der Waals surface area contributed by atoms with Gasteiger partial charge in [-0.3, -0.25) is 9.59 Å². The first-order chi connectivity index (χ1) is 16.7. The van der Waals surface area contributed by atoms with E-state index in [0.29, 0.717) is 18.7 Å². The Bertz CT molecular complexity index is 1150. The average Bonchev–Trinajstić information content (AvgIpc) is 2.83. The van der Waals surface area contributed by atoms with E-state index in [4.69, 9.17) is 4.74 Å². The maximum atomic E-state index is 13.6. The Hall–Kier alpha value is -3.12. The van der Waals surface area contributed by atoms with E-state index < -0.39 is 6.04 Å². The number of halogens is 1. The summed E-state index contributed by atoms with van der Waals surface area (Å²) in [5.41, 5.74) is 4.07. The molecular formula is C29H33BrN2O3. The molecule has 3 aromatic carbocycles. The van der Waals surface area contributed by atoms with Crippen LogP contribution in [0.1, 0.15) is 36.1 Å². The van der Waals surface area contributed by atoms with Gasteiger partial charge in [0.15, 0.2) is 6.61 Å². The molecule has 3 rings (SSSR count). The van der Waals surface area contributed by atoms with Gasteiger partial charge in [-0.05, 0) is 68.1 Å². The van der Waals surface area contributed by atoms with Gasteiger partial charge in [-0.1, -0.05) is 70.5 Å². The van der Waals surface area contributed by atoms with E-state index in [1.54, 1.807) is 4.90 Å². The monoisotopic (exact) mass is 536 g/mol. The predicted octanol–water partition coefficient (Wildman–Crippen LogP) is 5.61. The summed E-state index contributed by atoms with van der Waals surface area (Å²) in [5.74, 6) is 0.195. The lowest BCUT2D eigenvalue weighted by molar-refractivity contribution is -0.143. The van der Waals surface area contributed by atoms with E-state index in [-0.39, 0.29) is 24.5 Å². The highest BCUT2D eigenvalue weighted by molar-refractivity contribution is 9.10. The molecule has 184 valence electrons. The van der Waals surface area contributed by atoms with Crippen LogP contribution in [0.4, 0.5) is 0 Å². The summed E-state index contributed by atoms with van der Waals surface area (Å²) >= 11 is 3.49. The van der Waals surface area contributed by atoms with Crippen LogP contribution >= 0.6 is 15.9 Å². The third kappa shape index (κ3) is 7.69. The molecule has 0 radical (unpaired) electrons. The van der Waals surface area contributed by atoms with Crippen LogP contribution in [-0.4, -0.2) is 35.4 Å². The van der Waals surface area contributed by atoms with Crippen LogP contribution in [0.5, 0.6) is 5.75 Å². The molecule has 1 N–H and O–H groups in total. The zero-order valence-electron chi connectivity index (χ0n) is 20.8. The van der Waals surface area contributed by atoms with Crippen LogP contribution < -0.4 is 10.1 Å². The Balaban J connectivity index is 1.92. The Labute approximate surface area is 216 Å². The van der Waals surface area contributed by atoms with Gasteiger partial charge in [0, 0.05) is 23.5 Å². The average molecular weight is 537 g/mol. The second kappa shape index (κ2) is 12.5. The van der Waals surface area contributed by atoms with E-state index in [0.717, 1.165) is 26.7 Å². The summed E-state index contributed by atoms with van der Waals surface area (Å²) in [5, 5.41) is 3.01. The molecule has 0 fully saturated rings. The minimum absolute atomic E-state index is 0.0434. The molecule has 0 aromatic heterocycles. The first kappa shape index (κ1) is 26.5. The van der Waals surface area contributed by atoms with Crippen molar-refractivity contribution < 1.29 is 14.3 Å². The molecule has 1 atom stereocenters. The summed E-state index contributed by atoms with van der Waals surface area (Å²) in [6, 6.07) is 22.6. The van der Waals surface area contributed by atoms with Gasteiger partial charge < -0.3 is 15.0 Å². The largest absolute Gasteiger partial charge is 0.484 e. The molecule has 0 saturated carbocycles. The van der Waals surface area contributed by atoms with Gasteiger partial charge in [-0.15, -0.1) is 0 Å². The van der Waals surface area contributed by atoms with E-state index in [9.17, 15) is 9.59 Å². The second-order valence-electron chi connectivity index (χ2n) is 9.02. The summed E-state index contributed by atoms with van der Waals surface area (Å²) in [6.07, 6.45) is 0.411. The Morgan fingerprint density at radius 3 is 2.29 bits per heavy atom. The Morgan fingerprint density at radius 2 is 1.63 bits per heavy atom. The van der Waals surface area contributed by atoms with Crippen LogP contribution in [0.25, 0.3) is 0 Å². The van der Waals surface area contributed by atoms with Crippen LogP contribution in [0.2, 0.25) is 0 Å². The molecule has 6 heteroatoms. The molecule has 0 aliphatic heterocycles. The first-order valence-electron chi connectivity index (χ1n) is 11.8. The fraction of sp³-hybridized carbons (Fsp3) is 0.310. The number of carbonyl (C=O) groups is 2. The fourth-order valence-corrected chi connectivity index (χ4v) is 4.09. The molecule has 0 aliphatic carbocycles. The number of nitrogens with zero attached hydrogens (tertiary/aromatic N) is 1. The van der Waals surface area contributed by atoms with E-state index in [2.05, 4.69) is 21.2 Å². The smallest absolute Gasteiger partial charge is 0.261 e. The van der Waals surface area contributed by atoms with Crippen molar-refractivity contribution in [3.63, 3.8) is 0 Å². The minimum Gasteiger partial charge on any atom is -0.484 e. The SMILES string of the molecule is Cc1cc(OCC(=O)N(Cc2ccccc2C)[C@H](Cc2ccccc2)C(=O)NC(C)C)ccc1Br. The molecule has 5 nitrogen and oxygen atoms in total. The highest BCUT2D eigenvalue weighted by atomic mass is 79.9. The molecule has 0 aliphatic rings. The molecule has 0 spiro atoms. The summed E-state index contributed by atoms with van der Waals surface area (Å²) in [6.45, 7) is 7.98. The number of rotatable bonds is 10. The van der Waals surface area contributed by atoms with Crippen LogP contribution in [0.3, 0.4) is 0 Å². The number of aryl methyl sites for hydroxylation is 2. The van der Waals surface area contributed by atoms with Gasteiger partial charge in [0.05, 0.1) is 0 Å². The van der Waals surface area contributed by atoms with Crippen molar-refractivity contribution in [2.24, 2.45) is 0 Å². The lowest BCUT2D eigenvalue weighted by Crippen LogP contribution is -2.52. The maximum absolute atomic E-state index is 13.6. The van der Waals surface area contributed by atoms with Gasteiger partial charge in [0.2, 0.25) is 5.91 Å². The molecule has 2 amide bonds. The highest BCUT2D eigenvalue weighted by Gasteiger charge is 2.31. The maximum Gasteiger partial charge on any atom is 0.261 e. The van der Waals surface area contributed by atoms with Crippen molar-refractivity contribution in [2.75, 3.05) is 6.61 Å². The number of hydrogen-bond donors (Lipinski definition) is 1. The van der Waals surface area contributed by atoms with Crippen molar-refractivity contribution in [1.82, 2.24) is 10.2 Å². The zero-order chi connectivity index (χ0) is 25.4. The minimum atomic E-state index is -0.679. The molecule has 0 bridgehead atoms. The molecular weight excluding hydrogens is 504 g/mol. The van der Waals surface area contributed by atoms with E-state index in [1.807, 2.05) is 100 Å². The highest BCUT2D eigenvalue weighted by Crippen LogP contribution is 2.22. The fourth-order valence-electron chi connectivity index (χ4n) is 3.84. The van der Waals surface area contributed by atoms with E-state index in [1.165, 1.54) is 0 Å². The molecule has 35 heavy (non-hydrogen) atoms. The normalized spacial score (nSPS) is 11.7. The summed E-state index contributed by atoms with van der Waals surface area (Å²) in [7, 11) is 0. The summed E-state index contributed by atoms with van der Waals surface area (Å²) < 4.78 is 6.85. The van der Waals surface area contributed by atoms with Gasteiger partial charge >= 0.3 is 0 Å². The number of benzene rings is 3. The van der Waals surface area contributed by atoms with Crippen LogP contribution in [0.15, 0.2) is 77.3 Å². The number of carbonyl (C=O) groups excluding carboxylic acids is 2. The molecule has 0 unspecified atom stereocenters. The summed E-state index contributed by atoms with van der Waals surface area (Å²) in [4.78, 5) is 28.7. The Kier molecular flexibility index (Phi) is 9.49. The lowest BCUT2D eigenvalue weighted by atomic mass is 10.0. The van der Waals surface area contributed by atoms with E-state index >= 15 is 0 Å². The Morgan fingerprint density at radius 1 is 0.943 bits per heavy atom. The second-order valence-corrected chi connectivity index (χ2v) is 9.87. The number of nitrogens with one attached hydrogen (secondary N) is 1. The van der Waals surface area contributed by atoms with Crippen molar-refractivity contribution in [2.45, 2.75) is 52.7 Å². The molecule has 3 aromatic rings. The van der Waals surface area contributed by atoms with Gasteiger partial charge in [-0.25, -0.2) is 0 Å². The van der Waals surface area contributed by atoms with Gasteiger partial charge in [0.1, 0.15) is 11.8 Å². The van der Waals surface area contributed by atoms with Gasteiger partial charge in [0.25, 0.3) is 5.91 Å². The van der Waals surface area contributed by atoms with Crippen molar-refractivity contribution in [1.29, 1.82) is 0 Å². The van der Waals surface area contributed by atoms with Crippen LogP contribution in [0, 0.1) is 13.8 Å². The van der Waals surface area contributed by atoms with Gasteiger partial charge in [-0.2, -0.15) is 0 Å². The molecule has 0 saturated heterocycles. The standard InChI is InChI=1S/C29H33BrN2O3/c1-20(2)31-29(34)27(17-23-11-6-5-7-12-23)32(18-24-13-9-8-10-21(24)3)28(33)19-35-25-14-15-26(30)22(4)16-25/h5-16,20,27H,17-19H2,1-4H3,(H,31,34)/t27-/m1/s1. The first-order valence-corrected chi connectivity index (χ1v) is 12.6. The predicted molar refractivity (Wildman–Crippen MR) is 143 cm³/mol. The molecule has 0 heterocycles. The number of hydrogen-bond acceptors (Lipinski definition) is 3. The lowest BCUT2D eigenvalue weighted by Gasteiger charge is -2.32. The number of ether oxygens (including phenoxy) is 1. The van der Waals surface area contributed by atoms with Crippen LogP contribution in [-0.2, 0) is 22.6 Å². The van der Waals surface area contributed by atoms with Crippen molar-refractivity contribution in [3.05, 3.63) is 99.5 Å². The third-order valence-corrected chi connectivity index (χ3v) is 6.69. The zero-order valence-corrected chi connectivity index (χ0v) is 22.3. The quantitative estimate of drug-likeness (QED) is 0.366. The van der Waals surface area contributed by atoms with Crippen molar-refractivity contribution >= 4 is 27.7 Å². The number of amides is 2. The third-order valence-electron chi connectivity index (χ3n) is 5.80. The topological polar surface area (TPSA) is 58.6 Å².